The van der Waals surface area contributed by atoms with Crippen molar-refractivity contribution in [2.75, 3.05) is 6.54 Å². The van der Waals surface area contributed by atoms with Gasteiger partial charge in [0.05, 0.1) is 28.4 Å². The Hall–Kier alpha value is -2.92. The van der Waals surface area contributed by atoms with Crippen molar-refractivity contribution in [2.45, 2.75) is 20.2 Å². The van der Waals surface area contributed by atoms with Crippen LogP contribution in [-0.4, -0.2) is 36.9 Å². The maximum Gasteiger partial charge on any atom is 0.390 e. The topological polar surface area (TPSA) is 117 Å². The number of aromatic nitrogens is 4. The largest absolute Gasteiger partial charge is 0.470 e. The Bertz CT molecular complexity index is 1050. The van der Waals surface area contributed by atoms with Crippen LogP contribution in [0, 0.1) is 17.0 Å². The van der Waals surface area contributed by atoms with E-state index in [0.717, 1.165) is 4.47 Å². The Morgan fingerprint density at radius 3 is 2.83 bits per heavy atom. The summed E-state index contributed by atoms with van der Waals surface area (Å²) in [6, 6.07) is 8.19. The minimum atomic E-state index is -0.557. The summed E-state index contributed by atoms with van der Waals surface area (Å²) in [5.41, 5.74) is 0.859. The van der Waals surface area contributed by atoms with Gasteiger partial charge in [0.25, 0.3) is 5.91 Å². The van der Waals surface area contributed by atoms with Gasteiger partial charge in [-0.25, -0.2) is 4.68 Å². The van der Waals surface area contributed by atoms with Crippen LogP contribution < -0.4 is 10.1 Å². The molecule has 3 aromatic rings. The summed E-state index contributed by atoms with van der Waals surface area (Å²) in [5, 5.41) is 21.9. The smallest absolute Gasteiger partial charge is 0.390 e. The first-order valence-electron chi connectivity index (χ1n) is 8.42. The lowest BCUT2D eigenvalue weighted by Crippen LogP contribution is -2.28. The number of halogens is 2. The highest BCUT2D eigenvalue weighted by molar-refractivity contribution is 9.10. The predicted molar refractivity (Wildman–Crippen MR) is 108 cm³/mol. The molecule has 2 aromatic heterocycles. The number of nitrogens with one attached hydrogen (secondary N) is 1. The van der Waals surface area contributed by atoms with Crippen molar-refractivity contribution < 1.29 is 14.5 Å². The molecule has 2 heterocycles. The number of nitrogens with zero attached hydrogens (tertiary/aromatic N) is 5. The Morgan fingerprint density at radius 2 is 2.14 bits per heavy atom. The average molecular weight is 484 g/mol. The van der Waals surface area contributed by atoms with E-state index in [1.54, 1.807) is 37.4 Å². The fourth-order valence-electron chi connectivity index (χ4n) is 2.46. The number of hydrogen-bond donors (Lipinski definition) is 1. The molecule has 0 atom stereocenters. The van der Waals surface area contributed by atoms with E-state index in [2.05, 4.69) is 31.4 Å². The van der Waals surface area contributed by atoms with Crippen LogP contribution in [0.25, 0.3) is 0 Å². The van der Waals surface area contributed by atoms with Crippen molar-refractivity contribution in [3.05, 3.63) is 67.5 Å². The van der Waals surface area contributed by atoms with Crippen LogP contribution in [0.5, 0.6) is 5.75 Å². The van der Waals surface area contributed by atoms with E-state index in [1.165, 1.54) is 15.4 Å². The predicted octanol–water partition coefficient (Wildman–Crippen LogP) is 3.18. The molecule has 0 saturated heterocycles. The highest BCUT2D eigenvalue weighted by atomic mass is 79.9. The Balaban J connectivity index is 1.50. The van der Waals surface area contributed by atoms with Crippen LogP contribution in [0.1, 0.15) is 16.2 Å². The van der Waals surface area contributed by atoms with Gasteiger partial charge in [-0.1, -0.05) is 27.5 Å². The summed E-state index contributed by atoms with van der Waals surface area (Å²) in [4.78, 5) is 22.4. The van der Waals surface area contributed by atoms with Crippen molar-refractivity contribution >= 4 is 39.3 Å². The fourth-order valence-corrected chi connectivity index (χ4v) is 3.18. The molecule has 0 radical (unpaired) electrons. The van der Waals surface area contributed by atoms with Gasteiger partial charge < -0.3 is 20.2 Å². The number of nitro groups is 1. The molecule has 29 heavy (non-hydrogen) atoms. The SMILES string of the molecule is Cc1cc([N+](=O)[O-])nn1CCNC(=O)c1ccn(COc2ccc(Br)cc2Cl)n1. The molecule has 0 spiro atoms. The van der Waals surface area contributed by atoms with E-state index in [1.807, 2.05) is 0 Å². The molecule has 0 saturated carbocycles. The van der Waals surface area contributed by atoms with Crippen LogP contribution in [-0.2, 0) is 13.3 Å². The Labute approximate surface area is 178 Å². The third-order valence-corrected chi connectivity index (χ3v) is 4.67. The van der Waals surface area contributed by atoms with E-state index in [9.17, 15) is 14.9 Å². The van der Waals surface area contributed by atoms with E-state index in [-0.39, 0.29) is 30.7 Å². The van der Waals surface area contributed by atoms with Crippen molar-refractivity contribution in [3.8, 4) is 5.75 Å². The van der Waals surface area contributed by atoms with E-state index in [4.69, 9.17) is 16.3 Å². The average Bonchev–Trinajstić information content (AvgIpc) is 3.28. The number of ether oxygens (including phenoxy) is 1. The summed E-state index contributed by atoms with van der Waals surface area (Å²) in [5.74, 6) is -0.0942. The molecular weight excluding hydrogens is 468 g/mol. The molecule has 1 N–H and O–H groups in total. The third-order valence-electron chi connectivity index (χ3n) is 3.88. The molecule has 152 valence electrons. The van der Waals surface area contributed by atoms with Crippen molar-refractivity contribution in [2.24, 2.45) is 0 Å². The molecule has 0 aliphatic heterocycles. The zero-order valence-corrected chi connectivity index (χ0v) is 17.6. The standard InChI is InChI=1S/C17H16BrClN6O4/c1-11-8-16(25(27)28)22-24(11)7-5-20-17(26)14-4-6-23(21-14)10-29-15-3-2-12(18)9-13(15)19/h2-4,6,8-9H,5,7,10H2,1H3,(H,20,26). The van der Waals surface area contributed by atoms with Crippen LogP contribution in [0.4, 0.5) is 5.82 Å². The highest BCUT2D eigenvalue weighted by Gasteiger charge is 2.16. The zero-order chi connectivity index (χ0) is 21.0. The molecular formula is C17H16BrClN6O4. The maximum absolute atomic E-state index is 12.2. The molecule has 0 aliphatic rings. The van der Waals surface area contributed by atoms with Gasteiger partial charge in [-0.15, -0.1) is 0 Å². The molecule has 3 rings (SSSR count). The van der Waals surface area contributed by atoms with Crippen molar-refractivity contribution in [3.63, 3.8) is 0 Å². The first-order chi connectivity index (χ1) is 13.8. The minimum absolute atomic E-state index is 0.0881. The van der Waals surface area contributed by atoms with Crippen LogP contribution >= 0.6 is 27.5 Å². The number of carbonyl (C=O) groups excluding carboxylic acids is 1. The normalized spacial score (nSPS) is 10.7. The van der Waals surface area contributed by atoms with Gasteiger partial charge in [-0.3, -0.25) is 4.79 Å². The zero-order valence-electron chi connectivity index (χ0n) is 15.2. The van der Waals surface area contributed by atoms with Gasteiger partial charge in [-0.05, 0) is 36.1 Å². The van der Waals surface area contributed by atoms with Crippen LogP contribution in [0.15, 0.2) is 41.0 Å². The van der Waals surface area contributed by atoms with Crippen molar-refractivity contribution in [1.29, 1.82) is 0 Å². The summed E-state index contributed by atoms with van der Waals surface area (Å²) >= 11 is 9.42. The second-order valence-electron chi connectivity index (χ2n) is 5.97. The minimum Gasteiger partial charge on any atom is -0.470 e. The van der Waals surface area contributed by atoms with E-state index >= 15 is 0 Å². The number of rotatable bonds is 8. The summed E-state index contributed by atoms with van der Waals surface area (Å²) in [7, 11) is 0. The molecule has 0 fully saturated rings. The molecule has 1 aromatic carbocycles. The summed E-state index contributed by atoms with van der Waals surface area (Å²) < 4.78 is 9.37. The number of benzene rings is 1. The molecule has 0 bridgehead atoms. The second-order valence-corrected chi connectivity index (χ2v) is 7.29. The van der Waals surface area contributed by atoms with Crippen molar-refractivity contribution in [1.82, 2.24) is 24.9 Å². The quantitative estimate of drug-likeness (QED) is 0.388. The van der Waals surface area contributed by atoms with Crippen LogP contribution in [0.2, 0.25) is 5.02 Å². The van der Waals surface area contributed by atoms with Gasteiger partial charge in [0.2, 0.25) is 0 Å². The number of hydrogen-bond acceptors (Lipinski definition) is 6. The van der Waals surface area contributed by atoms with Gasteiger partial charge in [0, 0.05) is 17.2 Å². The Morgan fingerprint density at radius 1 is 1.34 bits per heavy atom. The summed E-state index contributed by atoms with van der Waals surface area (Å²) in [6.07, 6.45) is 1.61. The lowest BCUT2D eigenvalue weighted by atomic mass is 10.3. The molecule has 12 heteroatoms. The van der Waals surface area contributed by atoms with Gasteiger partial charge in [-0.2, -0.15) is 9.78 Å². The fraction of sp³-hybridized carbons (Fsp3) is 0.235. The van der Waals surface area contributed by atoms with Gasteiger partial charge in [0.15, 0.2) is 6.73 Å². The number of carbonyl (C=O) groups is 1. The van der Waals surface area contributed by atoms with Crippen LogP contribution in [0.3, 0.4) is 0 Å². The molecule has 10 nitrogen and oxygen atoms in total. The maximum atomic E-state index is 12.2. The molecule has 0 unspecified atom stereocenters. The lowest BCUT2D eigenvalue weighted by molar-refractivity contribution is -0.389. The summed E-state index contributed by atoms with van der Waals surface area (Å²) in [6.45, 7) is 2.35. The highest BCUT2D eigenvalue weighted by Crippen LogP contribution is 2.27. The number of aryl methyl sites for hydroxylation is 1. The van der Waals surface area contributed by atoms with E-state index < -0.39 is 4.92 Å². The monoisotopic (exact) mass is 482 g/mol. The van der Waals surface area contributed by atoms with Gasteiger partial charge in [0.1, 0.15) is 11.4 Å². The van der Waals surface area contributed by atoms with Gasteiger partial charge >= 0.3 is 5.82 Å². The Kier molecular flexibility index (Phi) is 6.49. The first kappa shape index (κ1) is 20.8. The first-order valence-corrected chi connectivity index (χ1v) is 9.59. The number of amides is 1. The molecule has 1 amide bonds. The van der Waals surface area contributed by atoms with E-state index in [0.29, 0.717) is 23.0 Å². The lowest BCUT2D eigenvalue weighted by Gasteiger charge is -2.08. The second kappa shape index (κ2) is 9.05. The third kappa shape index (κ3) is 5.33. The molecule has 0 aliphatic carbocycles.